The van der Waals surface area contributed by atoms with Crippen LogP contribution < -0.4 is 0 Å². The van der Waals surface area contributed by atoms with Crippen molar-refractivity contribution >= 4 is 39.1 Å². The number of hydrogen-bond donors (Lipinski definition) is 0. The molecule has 156 valence electrons. The van der Waals surface area contributed by atoms with Crippen molar-refractivity contribution in [3.05, 3.63) is 28.2 Å². The molecular weight excluding hydrogens is 419 g/mol. The van der Waals surface area contributed by atoms with Gasteiger partial charge in [-0.05, 0) is 57.7 Å². The molecule has 0 aromatic heterocycles. The molecule has 1 saturated carbocycles. The zero-order valence-corrected chi connectivity index (χ0v) is 18.7. The van der Waals surface area contributed by atoms with Gasteiger partial charge in [-0.15, -0.1) is 0 Å². The topological polar surface area (TPSA) is 57.7 Å². The van der Waals surface area contributed by atoms with E-state index in [4.69, 9.17) is 23.2 Å². The van der Waals surface area contributed by atoms with Gasteiger partial charge in [0.05, 0.1) is 5.02 Å². The maximum atomic E-state index is 13.2. The van der Waals surface area contributed by atoms with Crippen LogP contribution in [0.5, 0.6) is 0 Å². The smallest absolute Gasteiger partial charge is 0.244 e. The summed E-state index contributed by atoms with van der Waals surface area (Å²) in [5, 5.41) is 0.493. The van der Waals surface area contributed by atoms with E-state index in [0.29, 0.717) is 37.0 Å². The van der Waals surface area contributed by atoms with Gasteiger partial charge in [0.2, 0.25) is 15.9 Å². The van der Waals surface area contributed by atoms with E-state index >= 15 is 0 Å². The van der Waals surface area contributed by atoms with Crippen molar-refractivity contribution in [1.29, 1.82) is 0 Å². The van der Waals surface area contributed by atoms with Gasteiger partial charge in [-0.3, -0.25) is 4.79 Å². The molecule has 2 fully saturated rings. The molecule has 0 bridgehead atoms. The van der Waals surface area contributed by atoms with Crippen LogP contribution in [0.4, 0.5) is 0 Å². The summed E-state index contributed by atoms with van der Waals surface area (Å²) in [7, 11) is -3.72. The highest BCUT2D eigenvalue weighted by atomic mass is 35.5. The fourth-order valence-electron chi connectivity index (χ4n) is 4.41. The van der Waals surface area contributed by atoms with Crippen molar-refractivity contribution in [1.82, 2.24) is 9.21 Å². The minimum atomic E-state index is -3.72. The Morgan fingerprint density at radius 1 is 1.11 bits per heavy atom. The van der Waals surface area contributed by atoms with Crippen molar-refractivity contribution < 1.29 is 13.2 Å². The summed E-state index contributed by atoms with van der Waals surface area (Å²) in [5.41, 5.74) is 0. The second-order valence-corrected chi connectivity index (χ2v) is 10.8. The average molecular weight is 447 g/mol. The predicted molar refractivity (Wildman–Crippen MR) is 112 cm³/mol. The van der Waals surface area contributed by atoms with Crippen LogP contribution in [0.25, 0.3) is 0 Å². The van der Waals surface area contributed by atoms with Gasteiger partial charge in [-0.2, -0.15) is 4.31 Å². The number of nitrogens with zero attached hydrogens (tertiary/aromatic N) is 2. The second kappa shape index (κ2) is 8.90. The van der Waals surface area contributed by atoms with Crippen molar-refractivity contribution in [2.24, 2.45) is 5.92 Å². The van der Waals surface area contributed by atoms with Gasteiger partial charge in [0, 0.05) is 36.1 Å². The molecular formula is C20H28Cl2N2O3S. The number of piperidine rings is 1. The molecule has 0 N–H and O–H groups in total. The number of halogens is 2. The molecule has 5 nitrogen and oxygen atoms in total. The lowest BCUT2D eigenvalue weighted by molar-refractivity contribution is -0.141. The lowest BCUT2D eigenvalue weighted by Gasteiger charge is -2.38. The Morgan fingerprint density at radius 3 is 2.29 bits per heavy atom. The molecule has 1 aliphatic carbocycles. The fraction of sp³-hybridized carbons (Fsp3) is 0.650. The zero-order chi connectivity index (χ0) is 20.5. The molecule has 1 saturated heterocycles. The predicted octanol–water partition coefficient (Wildman–Crippen LogP) is 4.57. The van der Waals surface area contributed by atoms with Crippen LogP contribution in [0.15, 0.2) is 23.1 Å². The Hall–Kier alpha value is -0.820. The molecule has 3 rings (SSSR count). The summed E-state index contributed by atoms with van der Waals surface area (Å²) in [4.78, 5) is 15.3. The minimum Gasteiger partial charge on any atom is -0.337 e. The molecule has 28 heavy (non-hydrogen) atoms. The van der Waals surface area contributed by atoms with E-state index in [9.17, 15) is 13.2 Å². The number of carbonyl (C=O) groups excluding carboxylic acids is 1. The first-order valence-corrected chi connectivity index (χ1v) is 12.2. The number of amides is 1. The summed E-state index contributed by atoms with van der Waals surface area (Å²) in [6, 6.07) is 4.95. The Morgan fingerprint density at radius 2 is 1.71 bits per heavy atom. The Labute approximate surface area is 178 Å². The van der Waals surface area contributed by atoms with Crippen molar-refractivity contribution in [3.63, 3.8) is 0 Å². The second-order valence-electron chi connectivity index (χ2n) is 8.03. The lowest BCUT2D eigenvalue weighted by atomic mass is 9.95. The van der Waals surface area contributed by atoms with Crippen LogP contribution in [0.3, 0.4) is 0 Å². The Balaban J connectivity index is 1.69. The maximum Gasteiger partial charge on any atom is 0.244 e. The first-order chi connectivity index (χ1) is 13.2. The molecule has 1 aliphatic heterocycles. The molecule has 1 heterocycles. The monoisotopic (exact) mass is 446 g/mol. The van der Waals surface area contributed by atoms with Crippen molar-refractivity contribution in [2.45, 2.75) is 69.4 Å². The third kappa shape index (κ3) is 4.50. The molecule has 0 unspecified atom stereocenters. The first-order valence-electron chi connectivity index (χ1n) is 9.99. The molecule has 8 heteroatoms. The highest BCUT2D eigenvalue weighted by molar-refractivity contribution is 7.89. The van der Waals surface area contributed by atoms with E-state index in [0.717, 1.165) is 12.8 Å². The molecule has 1 aromatic carbocycles. The minimum absolute atomic E-state index is 0.0289. The van der Waals surface area contributed by atoms with E-state index in [-0.39, 0.29) is 27.8 Å². The summed E-state index contributed by atoms with van der Waals surface area (Å²) in [6.07, 6.45) is 5.57. The SMILES string of the molecule is CC(C)N(C(=O)C1CCN(S(=O)(=O)c2cc(Cl)ccc2Cl)CC1)C1CCCC1. The zero-order valence-electron chi connectivity index (χ0n) is 16.4. The van der Waals surface area contributed by atoms with Gasteiger partial charge in [-0.25, -0.2) is 8.42 Å². The normalized spacial score (nSPS) is 20.0. The summed E-state index contributed by atoms with van der Waals surface area (Å²) in [6.45, 7) is 4.77. The quantitative estimate of drug-likeness (QED) is 0.664. The van der Waals surface area contributed by atoms with Crippen LogP contribution >= 0.6 is 23.2 Å². The van der Waals surface area contributed by atoms with E-state index < -0.39 is 10.0 Å². The largest absolute Gasteiger partial charge is 0.337 e. The van der Waals surface area contributed by atoms with Gasteiger partial charge in [0.15, 0.2) is 0 Å². The molecule has 1 aromatic rings. The van der Waals surface area contributed by atoms with Crippen molar-refractivity contribution in [3.8, 4) is 0 Å². The van der Waals surface area contributed by atoms with Gasteiger partial charge in [-0.1, -0.05) is 36.0 Å². The standard InChI is InChI=1S/C20H28Cl2N2O3S/c1-14(2)24(17-5-3-4-6-17)20(25)15-9-11-23(12-10-15)28(26,27)19-13-16(21)7-8-18(19)22/h7-8,13-15,17H,3-6,9-12H2,1-2H3. The summed E-state index contributed by atoms with van der Waals surface area (Å²) < 4.78 is 27.4. The highest BCUT2D eigenvalue weighted by Crippen LogP contribution is 2.32. The lowest BCUT2D eigenvalue weighted by Crippen LogP contribution is -2.49. The molecule has 0 spiro atoms. The Kier molecular flexibility index (Phi) is 6.96. The van der Waals surface area contributed by atoms with Gasteiger partial charge in [0.1, 0.15) is 4.90 Å². The van der Waals surface area contributed by atoms with Crippen LogP contribution in [0.2, 0.25) is 10.0 Å². The van der Waals surface area contributed by atoms with E-state index in [1.807, 2.05) is 0 Å². The van der Waals surface area contributed by atoms with Crippen LogP contribution in [0, 0.1) is 5.92 Å². The third-order valence-electron chi connectivity index (χ3n) is 5.84. The van der Waals surface area contributed by atoms with E-state index in [1.54, 1.807) is 6.07 Å². The maximum absolute atomic E-state index is 13.2. The number of benzene rings is 1. The molecule has 2 aliphatic rings. The van der Waals surface area contributed by atoms with Crippen LogP contribution in [-0.4, -0.2) is 48.7 Å². The van der Waals surface area contributed by atoms with E-state index in [2.05, 4.69) is 18.7 Å². The van der Waals surface area contributed by atoms with Crippen molar-refractivity contribution in [2.75, 3.05) is 13.1 Å². The van der Waals surface area contributed by atoms with Gasteiger partial charge < -0.3 is 4.90 Å². The molecule has 0 radical (unpaired) electrons. The summed E-state index contributed by atoms with van der Waals surface area (Å²) in [5.74, 6) is 0.0593. The summed E-state index contributed by atoms with van der Waals surface area (Å²) >= 11 is 12.1. The Bertz CT molecular complexity index is 815. The number of hydrogen-bond acceptors (Lipinski definition) is 3. The third-order valence-corrected chi connectivity index (χ3v) is 8.46. The molecule has 0 atom stereocenters. The highest BCUT2D eigenvalue weighted by Gasteiger charge is 2.37. The van der Waals surface area contributed by atoms with Gasteiger partial charge >= 0.3 is 0 Å². The van der Waals surface area contributed by atoms with Crippen LogP contribution in [0.1, 0.15) is 52.4 Å². The first kappa shape index (κ1) is 21.9. The van der Waals surface area contributed by atoms with Gasteiger partial charge in [0.25, 0.3) is 0 Å². The fourth-order valence-corrected chi connectivity index (χ4v) is 6.61. The van der Waals surface area contributed by atoms with E-state index in [1.165, 1.54) is 29.3 Å². The van der Waals surface area contributed by atoms with Crippen LogP contribution in [-0.2, 0) is 14.8 Å². The number of sulfonamides is 1. The molecule has 1 amide bonds. The number of rotatable bonds is 5. The average Bonchev–Trinajstić information content (AvgIpc) is 3.17. The number of carbonyl (C=O) groups is 1.